The maximum atomic E-state index is 15.0. The van der Waals surface area contributed by atoms with Gasteiger partial charge in [-0.3, -0.25) is 4.98 Å². The fraction of sp³-hybridized carbons (Fsp3) is 0.231. The predicted molar refractivity (Wildman–Crippen MR) is 356 cm³/mol. The van der Waals surface area contributed by atoms with Crippen molar-refractivity contribution in [2.75, 3.05) is 93.0 Å². The number of halogens is 4. The van der Waals surface area contributed by atoms with Crippen molar-refractivity contribution in [3.63, 3.8) is 0 Å². The van der Waals surface area contributed by atoms with Crippen LogP contribution in [0.5, 0.6) is 47.0 Å². The fourth-order valence-electron chi connectivity index (χ4n) is 12.8. The van der Waals surface area contributed by atoms with Gasteiger partial charge in [-0.15, -0.1) is 0 Å². The molecule has 2 saturated carbocycles. The summed E-state index contributed by atoms with van der Waals surface area (Å²) >= 11 is 6.41. The molecule has 12 heterocycles. The molecule has 3 aromatic carbocycles. The van der Waals surface area contributed by atoms with Crippen LogP contribution < -0.4 is 66.6 Å². The van der Waals surface area contributed by atoms with Gasteiger partial charge < -0.3 is 81.6 Å². The van der Waals surface area contributed by atoms with Crippen molar-refractivity contribution >= 4 is 112 Å². The molecule has 0 spiro atoms. The molecule has 12 N–H and O–H groups in total. The summed E-state index contributed by atoms with van der Waals surface area (Å²) in [6.45, 7) is 3.14. The Hall–Kier alpha value is -11.3. The van der Waals surface area contributed by atoms with E-state index >= 15 is 0 Å². The van der Waals surface area contributed by atoms with Crippen LogP contribution in [-0.4, -0.2) is 138 Å². The van der Waals surface area contributed by atoms with E-state index in [0.29, 0.717) is 155 Å². The Bertz CT molecular complexity index is 5090. The number of nitrogens with two attached hydrogens (primary N) is 3. The van der Waals surface area contributed by atoms with Crippen LogP contribution in [0.4, 0.5) is 47.7 Å². The van der Waals surface area contributed by atoms with Crippen LogP contribution >= 0.6 is 11.6 Å². The minimum absolute atomic E-state index is 0.0957. The maximum absolute atomic E-state index is 15.0. The van der Waals surface area contributed by atoms with Gasteiger partial charge in [0.1, 0.15) is 57.5 Å². The van der Waals surface area contributed by atoms with Crippen LogP contribution in [0.1, 0.15) is 0 Å². The average Bonchev–Trinajstić information content (AvgIpc) is 1.59. The van der Waals surface area contributed by atoms with Crippen LogP contribution in [0.25, 0.3) is 77.1 Å². The van der Waals surface area contributed by atoms with Gasteiger partial charge >= 0.3 is 18.0 Å². The van der Waals surface area contributed by atoms with E-state index in [1.165, 1.54) is 25.4 Å². The van der Waals surface area contributed by atoms with Crippen LogP contribution in [-0.2, 0) is 0 Å². The molecular weight excluding hydrogens is 1250 g/mol. The normalized spacial score (nSPS) is 18.3. The van der Waals surface area contributed by atoms with Gasteiger partial charge in [-0.25, -0.2) is 28.1 Å². The number of nitrogens with one attached hydrogen (secondary N) is 6. The Labute approximate surface area is 542 Å². The first kappa shape index (κ1) is 60.0. The van der Waals surface area contributed by atoms with Gasteiger partial charge in [0.25, 0.3) is 0 Å². The summed E-state index contributed by atoms with van der Waals surface area (Å²) in [5, 5.41) is 13.5. The summed E-state index contributed by atoms with van der Waals surface area (Å²) in [6, 6.07) is 22.5. The molecule has 4 aliphatic rings. The number of H-pyrrole nitrogens is 3. The van der Waals surface area contributed by atoms with Crippen molar-refractivity contribution in [1.29, 1.82) is 0 Å². The lowest BCUT2D eigenvalue weighted by molar-refractivity contribution is 0.393. The van der Waals surface area contributed by atoms with Gasteiger partial charge in [0.2, 0.25) is 11.8 Å². The summed E-state index contributed by atoms with van der Waals surface area (Å²) < 4.78 is 71.6. The largest absolute Gasteiger partial charge is 0.481 e. The van der Waals surface area contributed by atoms with E-state index in [1.54, 1.807) is 88.5 Å². The minimum Gasteiger partial charge on any atom is -0.481 e. The van der Waals surface area contributed by atoms with E-state index in [4.69, 9.17) is 57.5 Å². The standard InChI is InChI=1S/C23H19FN6O3.C21H21ClN8O.C21H19F2N7O/c1-25-16-9-13(24)8-15-19-20(12-4-6-17(31-2)26-10-12)29-23(30-22(19)28-21(15)16)33-14-5-7-18(32-3)27-11-14;1-25-14-5-9(22)4-11-16-19(27-18(11)14)28-21(31-10-2-3-15(23)26-6-10)29-20(16)30-7-12-13(8-30)17(12)24;1-25-13-5-12(22)16(23)14-15-19(27-18(13)14)28-21(31-9-3-2-4-26-6-9)29-20(15)30-7-10-11(8-30)17(10)24/h4-11,25H,1-3H3,(H,28,29,30);2-6,12-13,17,25H,7-8,24H2,1H3,(H2,23,26)(H,27,28,29);2-6,10-11,17,25H,7-8,24H2,1H3,(H,27,28,29). The summed E-state index contributed by atoms with van der Waals surface area (Å²) in [5.41, 5.74) is 24.7. The summed E-state index contributed by atoms with van der Waals surface area (Å²) in [5.74, 6) is 3.62. The molecule has 17 rings (SSSR count). The Kier molecular flexibility index (Phi) is 15.1. The monoisotopic (exact) mass is 1310 g/mol. The lowest BCUT2D eigenvalue weighted by Gasteiger charge is -2.21. The second kappa shape index (κ2) is 24.0. The first-order chi connectivity index (χ1) is 46.1. The summed E-state index contributed by atoms with van der Waals surface area (Å²) in [6.07, 6.45) is 7.89. The highest BCUT2D eigenvalue weighted by Gasteiger charge is 2.55. The molecule has 2 aliphatic heterocycles. The van der Waals surface area contributed by atoms with E-state index in [2.05, 4.69) is 85.6 Å². The van der Waals surface area contributed by atoms with Crippen molar-refractivity contribution in [3.05, 3.63) is 132 Å². The maximum Gasteiger partial charge on any atom is 0.326 e. The fourth-order valence-corrected chi connectivity index (χ4v) is 13.0. The molecule has 10 aromatic heterocycles. The van der Waals surface area contributed by atoms with Crippen molar-refractivity contribution in [2.24, 2.45) is 35.1 Å². The second-order valence-corrected chi connectivity index (χ2v) is 23.6. The van der Waals surface area contributed by atoms with Crippen molar-refractivity contribution in [2.45, 2.75) is 12.1 Å². The molecule has 4 unspecified atom stereocenters. The topological polar surface area (TPSA) is 343 Å². The Morgan fingerprint density at radius 3 is 1.60 bits per heavy atom. The Balaban J connectivity index is 0.000000117. The molecule has 4 fully saturated rings. The van der Waals surface area contributed by atoms with E-state index in [0.717, 1.165) is 47.0 Å². The van der Waals surface area contributed by atoms with Gasteiger partial charge in [0, 0.05) is 111 Å². The second-order valence-electron chi connectivity index (χ2n) is 23.2. The highest BCUT2D eigenvalue weighted by molar-refractivity contribution is 6.33. The average molecular weight is 1310 g/mol. The SMILES string of the molecule is CNc1cc(Cl)cc2c1[nH]c1nc(Oc3ccc(N)nc3)nc(N3CC4C(N)C4C3)c12.CNc1cc(F)c(F)c2c1[nH]c1nc(Oc3cccnc3)nc(N3CC4C(N)C4C3)c12.CNc1cc(F)cc2c1[nH]c1nc(Oc3ccc(OC)nc3)nc(-c3ccc(OC)nc3)c12. The number of fused-ring (bicyclic) bond motifs is 11. The highest BCUT2D eigenvalue weighted by atomic mass is 35.5. The third-order valence-electron chi connectivity index (χ3n) is 17.7. The zero-order valence-electron chi connectivity index (χ0n) is 51.3. The molecule has 13 aromatic rings. The number of benzene rings is 3. The van der Waals surface area contributed by atoms with Crippen molar-refractivity contribution in [3.8, 4) is 58.3 Å². The number of aromatic amines is 3. The first-order valence-electron chi connectivity index (χ1n) is 30.1. The number of nitrogens with zero attached hydrogens (tertiary/aromatic N) is 12. The van der Waals surface area contributed by atoms with Gasteiger partial charge in [0.15, 0.2) is 11.6 Å². The highest BCUT2D eigenvalue weighted by Crippen LogP contribution is 2.50. The molecule has 0 bridgehead atoms. The van der Waals surface area contributed by atoms with Gasteiger partial charge in [0.05, 0.1) is 93.7 Å². The molecule has 26 nitrogen and oxygen atoms in total. The smallest absolute Gasteiger partial charge is 0.326 e. The number of hydrogen-bond acceptors (Lipinski definition) is 23. The van der Waals surface area contributed by atoms with E-state index < -0.39 is 11.6 Å². The number of methoxy groups -OCH3 is 2. The summed E-state index contributed by atoms with van der Waals surface area (Å²) in [4.78, 5) is 58.3. The first-order valence-corrected chi connectivity index (χ1v) is 30.5. The lowest BCUT2D eigenvalue weighted by Crippen LogP contribution is -2.29. The predicted octanol–water partition coefficient (Wildman–Crippen LogP) is 10.5. The number of pyridine rings is 4. The molecular formula is C65H59ClF3N21O5. The number of anilines is 6. The zero-order chi connectivity index (χ0) is 65.5. The van der Waals surface area contributed by atoms with Crippen molar-refractivity contribution < 1.29 is 36.9 Å². The minimum atomic E-state index is -0.939. The molecule has 95 heavy (non-hydrogen) atoms. The van der Waals surface area contributed by atoms with Crippen LogP contribution in [0.15, 0.2) is 110 Å². The molecule has 2 aliphatic carbocycles. The van der Waals surface area contributed by atoms with Gasteiger partial charge in [-0.05, 0) is 84.3 Å². The third kappa shape index (κ3) is 11.1. The zero-order valence-corrected chi connectivity index (χ0v) is 52.1. The number of nitrogen functional groups attached to an aromatic ring is 1. The number of hydrogen-bond donors (Lipinski definition) is 9. The van der Waals surface area contributed by atoms with Crippen LogP contribution in [0.2, 0.25) is 5.02 Å². The quantitative estimate of drug-likeness (QED) is 0.0488. The van der Waals surface area contributed by atoms with Gasteiger partial charge in [-0.2, -0.15) is 29.9 Å². The van der Waals surface area contributed by atoms with E-state index in [1.807, 2.05) is 25.2 Å². The number of rotatable bonds is 14. The van der Waals surface area contributed by atoms with Crippen molar-refractivity contribution in [1.82, 2.24) is 64.8 Å². The van der Waals surface area contributed by atoms with Crippen LogP contribution in [0, 0.1) is 41.1 Å². The lowest BCUT2D eigenvalue weighted by atomic mass is 10.1. The number of piperidine rings is 2. The number of aromatic nitrogens is 13. The molecule has 0 radical (unpaired) electrons. The summed E-state index contributed by atoms with van der Waals surface area (Å²) in [7, 11) is 8.32. The molecule has 2 saturated heterocycles. The molecule has 482 valence electrons. The number of ether oxygens (including phenoxy) is 5. The van der Waals surface area contributed by atoms with E-state index in [9.17, 15) is 13.2 Å². The molecule has 30 heteroatoms. The third-order valence-corrected chi connectivity index (χ3v) is 17.9. The van der Waals surface area contributed by atoms with E-state index in [-0.39, 0.29) is 35.3 Å². The Morgan fingerprint density at radius 2 is 1.05 bits per heavy atom. The Morgan fingerprint density at radius 1 is 0.537 bits per heavy atom. The molecule has 4 atom stereocenters. The molecule has 0 amide bonds. The van der Waals surface area contributed by atoms with Gasteiger partial charge in [-0.1, -0.05) is 11.6 Å². The van der Waals surface area contributed by atoms with Crippen LogP contribution in [0.3, 0.4) is 0 Å².